The second kappa shape index (κ2) is 52.8. The van der Waals surface area contributed by atoms with Gasteiger partial charge < -0.3 is 40.3 Å². The van der Waals surface area contributed by atoms with Gasteiger partial charge in [0.25, 0.3) is 0 Å². The molecule has 0 bridgehead atoms. The average molecular weight is 1020 g/mol. The summed E-state index contributed by atoms with van der Waals surface area (Å²) in [6, 6.07) is -0.821. The van der Waals surface area contributed by atoms with Gasteiger partial charge in [0.1, 0.15) is 24.4 Å². The van der Waals surface area contributed by atoms with Crippen LogP contribution in [0.5, 0.6) is 0 Å². The van der Waals surface area contributed by atoms with Gasteiger partial charge in [-0.25, -0.2) is 0 Å². The molecular weight excluding hydrogens is 911 g/mol. The van der Waals surface area contributed by atoms with E-state index in [-0.39, 0.29) is 12.5 Å². The predicted molar refractivity (Wildman–Crippen MR) is 308 cm³/mol. The first-order valence-electron chi connectivity index (χ1n) is 30.3. The fourth-order valence-electron chi connectivity index (χ4n) is 9.20. The Balaban J connectivity index is 2.04. The van der Waals surface area contributed by atoms with E-state index in [1.165, 1.54) is 167 Å². The third-order valence-electron chi connectivity index (χ3n) is 14.0. The monoisotopic (exact) mass is 1020 g/mol. The van der Waals surface area contributed by atoms with Crippen LogP contribution in [0.15, 0.2) is 85.1 Å². The number of amides is 1. The highest BCUT2D eigenvalue weighted by Gasteiger charge is 2.44. The minimum absolute atomic E-state index is 0.187. The van der Waals surface area contributed by atoms with E-state index in [0.717, 1.165) is 70.6 Å². The molecule has 0 aliphatic carbocycles. The minimum atomic E-state index is -1.57. The van der Waals surface area contributed by atoms with Crippen LogP contribution in [-0.2, 0) is 14.3 Å². The molecule has 7 atom stereocenters. The molecule has 1 aliphatic rings. The maximum atomic E-state index is 13.0. The van der Waals surface area contributed by atoms with Gasteiger partial charge in [-0.1, -0.05) is 259 Å². The first-order chi connectivity index (χ1) is 35.8. The topological polar surface area (TPSA) is 149 Å². The van der Waals surface area contributed by atoms with Crippen LogP contribution in [0.1, 0.15) is 258 Å². The zero-order chi connectivity index (χ0) is 52.9. The van der Waals surface area contributed by atoms with E-state index >= 15 is 0 Å². The first kappa shape index (κ1) is 68.4. The quantitative estimate of drug-likeness (QED) is 0.0261. The van der Waals surface area contributed by atoms with Crippen LogP contribution >= 0.6 is 0 Å². The minimum Gasteiger partial charge on any atom is -0.394 e. The molecular formula is C64H113NO8. The summed E-state index contributed by atoms with van der Waals surface area (Å²) in [5.74, 6) is -0.187. The summed E-state index contributed by atoms with van der Waals surface area (Å²) in [4.78, 5) is 13.0. The molecule has 1 rings (SSSR count). The van der Waals surface area contributed by atoms with Crippen LogP contribution in [0, 0.1) is 0 Å². The number of carbonyl (C=O) groups is 1. The number of nitrogens with one attached hydrogen (secondary N) is 1. The Hall–Kier alpha value is -2.63. The summed E-state index contributed by atoms with van der Waals surface area (Å²) in [6.07, 6.45) is 68.4. The van der Waals surface area contributed by atoms with Crippen molar-refractivity contribution in [3.8, 4) is 0 Å². The van der Waals surface area contributed by atoms with Crippen LogP contribution < -0.4 is 5.32 Å². The van der Waals surface area contributed by atoms with Crippen molar-refractivity contribution in [1.29, 1.82) is 0 Å². The summed E-state index contributed by atoms with van der Waals surface area (Å²) in [7, 11) is 0. The largest absolute Gasteiger partial charge is 0.394 e. The smallest absolute Gasteiger partial charge is 0.220 e. The molecule has 0 aromatic rings. The molecule has 7 unspecified atom stereocenters. The first-order valence-corrected chi connectivity index (χ1v) is 30.3. The van der Waals surface area contributed by atoms with E-state index in [1.54, 1.807) is 6.08 Å². The molecule has 0 aromatic carbocycles. The number of carbonyl (C=O) groups excluding carboxylic acids is 1. The molecule has 73 heavy (non-hydrogen) atoms. The second-order valence-electron chi connectivity index (χ2n) is 20.8. The summed E-state index contributed by atoms with van der Waals surface area (Å²) in [5.41, 5.74) is 0. The summed E-state index contributed by atoms with van der Waals surface area (Å²) >= 11 is 0. The van der Waals surface area contributed by atoms with E-state index in [1.807, 2.05) is 6.08 Å². The fraction of sp³-hybridized carbons (Fsp3) is 0.766. The molecule has 0 aromatic heterocycles. The molecule has 0 saturated carbocycles. The lowest BCUT2D eigenvalue weighted by Crippen LogP contribution is -2.60. The van der Waals surface area contributed by atoms with Gasteiger partial charge in [-0.3, -0.25) is 4.79 Å². The maximum absolute atomic E-state index is 13.0. The third kappa shape index (κ3) is 42.2. The lowest BCUT2D eigenvalue weighted by molar-refractivity contribution is -0.302. The number of ether oxygens (including phenoxy) is 2. The van der Waals surface area contributed by atoms with Crippen LogP contribution in [0.3, 0.4) is 0 Å². The summed E-state index contributed by atoms with van der Waals surface area (Å²) < 4.78 is 11.2. The summed E-state index contributed by atoms with van der Waals surface area (Å²) in [6.45, 7) is 3.62. The third-order valence-corrected chi connectivity index (χ3v) is 14.0. The SMILES string of the molecule is CC/C=C\C/C=C\C/C=C\C/C=C\C/C=C\CCCCCCCCCCCCCCCCCCCCCCCCCC(=O)NC(COC1OC(CO)C(O)C(O)C1O)C(O)/C=C/CC/C=C/CCCCCCC. The molecule has 1 fully saturated rings. The number of aliphatic hydroxyl groups excluding tert-OH is 5. The Labute approximate surface area is 448 Å². The Kier molecular flexibility index (Phi) is 49.5. The number of unbranched alkanes of at least 4 members (excludes halogenated alkanes) is 29. The molecule has 9 nitrogen and oxygen atoms in total. The lowest BCUT2D eigenvalue weighted by Gasteiger charge is -2.40. The van der Waals surface area contributed by atoms with Crippen molar-refractivity contribution in [3.63, 3.8) is 0 Å². The molecule has 422 valence electrons. The van der Waals surface area contributed by atoms with Crippen LogP contribution in [0.2, 0.25) is 0 Å². The Morgan fingerprint density at radius 3 is 1.32 bits per heavy atom. The number of hydrogen-bond acceptors (Lipinski definition) is 8. The van der Waals surface area contributed by atoms with Gasteiger partial charge >= 0.3 is 0 Å². The van der Waals surface area contributed by atoms with Crippen molar-refractivity contribution in [3.05, 3.63) is 85.1 Å². The molecule has 1 saturated heterocycles. The van der Waals surface area contributed by atoms with Gasteiger partial charge in [-0.15, -0.1) is 0 Å². The van der Waals surface area contributed by atoms with Crippen LogP contribution in [-0.4, -0.2) is 87.5 Å². The highest BCUT2D eigenvalue weighted by atomic mass is 16.7. The summed E-state index contributed by atoms with van der Waals surface area (Å²) in [5, 5.41) is 54.3. The number of rotatable bonds is 51. The van der Waals surface area contributed by atoms with Gasteiger partial charge in [0.15, 0.2) is 6.29 Å². The van der Waals surface area contributed by atoms with Crippen molar-refractivity contribution in [2.75, 3.05) is 13.2 Å². The van der Waals surface area contributed by atoms with E-state index in [4.69, 9.17) is 9.47 Å². The van der Waals surface area contributed by atoms with Crippen molar-refractivity contribution >= 4 is 5.91 Å². The number of hydrogen-bond donors (Lipinski definition) is 6. The van der Waals surface area contributed by atoms with Gasteiger partial charge in [-0.2, -0.15) is 0 Å². The lowest BCUT2D eigenvalue weighted by atomic mass is 9.99. The molecule has 0 spiro atoms. The molecule has 9 heteroatoms. The van der Waals surface area contributed by atoms with Crippen LogP contribution in [0.25, 0.3) is 0 Å². The van der Waals surface area contributed by atoms with Gasteiger partial charge in [0.05, 0.1) is 25.4 Å². The Morgan fingerprint density at radius 2 is 0.863 bits per heavy atom. The maximum Gasteiger partial charge on any atom is 0.220 e. The molecule has 1 heterocycles. The van der Waals surface area contributed by atoms with Crippen molar-refractivity contribution in [2.24, 2.45) is 0 Å². The predicted octanol–water partition coefficient (Wildman–Crippen LogP) is 15.4. The van der Waals surface area contributed by atoms with Crippen molar-refractivity contribution in [1.82, 2.24) is 5.32 Å². The Morgan fingerprint density at radius 1 is 0.479 bits per heavy atom. The highest BCUT2D eigenvalue weighted by molar-refractivity contribution is 5.76. The number of allylic oxidation sites excluding steroid dienone is 13. The van der Waals surface area contributed by atoms with E-state index < -0.39 is 49.5 Å². The number of aliphatic hydroxyl groups is 5. The van der Waals surface area contributed by atoms with Crippen molar-refractivity contribution < 1.29 is 39.8 Å². The van der Waals surface area contributed by atoms with Crippen molar-refractivity contribution in [2.45, 2.75) is 301 Å². The molecule has 1 amide bonds. The molecule has 0 radical (unpaired) electrons. The van der Waals surface area contributed by atoms with Gasteiger partial charge in [-0.05, 0) is 77.0 Å². The fourth-order valence-corrected chi connectivity index (χ4v) is 9.20. The van der Waals surface area contributed by atoms with E-state index in [9.17, 15) is 30.3 Å². The van der Waals surface area contributed by atoms with E-state index in [2.05, 4.69) is 92.1 Å². The second-order valence-corrected chi connectivity index (χ2v) is 20.8. The highest BCUT2D eigenvalue weighted by Crippen LogP contribution is 2.23. The van der Waals surface area contributed by atoms with E-state index in [0.29, 0.717) is 6.42 Å². The zero-order valence-corrected chi connectivity index (χ0v) is 46.9. The average Bonchev–Trinajstić information content (AvgIpc) is 3.39. The van der Waals surface area contributed by atoms with Crippen LogP contribution in [0.4, 0.5) is 0 Å². The Bertz CT molecular complexity index is 1420. The molecule has 1 aliphatic heterocycles. The normalized spacial score (nSPS) is 19.7. The standard InChI is InChI=1S/C64H113NO8/c1-3-5-7-9-11-13-15-16-17-18-19-20-21-22-23-24-25-26-27-28-29-30-31-32-33-34-35-36-37-38-39-40-41-42-44-46-48-50-52-54-60(68)65-57(56-72-64-63(71)62(70)61(69)59(55-66)73-64)58(67)53-51-49-47-45-43-14-12-10-8-6-4-2/h5,7,11,13,16-17,19-20,22-23,43,45,51,53,57-59,61-64,66-67,69-71H,3-4,6,8-10,12,14-15,18,21,24-42,44,46-50,52,54-56H2,1-2H3,(H,65,68)/b7-5-,13-11-,17-16-,20-19-,23-22-,45-43+,53-51+. The van der Waals surface area contributed by atoms with Gasteiger partial charge in [0, 0.05) is 6.42 Å². The zero-order valence-electron chi connectivity index (χ0n) is 46.9. The van der Waals surface area contributed by atoms with Gasteiger partial charge in [0.2, 0.25) is 5.91 Å². The molecule has 6 N–H and O–H groups in total.